The van der Waals surface area contributed by atoms with Gasteiger partial charge in [-0.05, 0) is 48.7 Å². The lowest BCUT2D eigenvalue weighted by Crippen LogP contribution is -2.49. The van der Waals surface area contributed by atoms with Gasteiger partial charge in [-0.2, -0.15) is 0 Å². The van der Waals surface area contributed by atoms with E-state index in [-0.39, 0.29) is 23.9 Å². The van der Waals surface area contributed by atoms with E-state index in [0.717, 1.165) is 28.6 Å². The first kappa shape index (κ1) is 20.7. The topological polar surface area (TPSA) is 55.9 Å². The molecule has 2 aromatic carbocycles. The van der Waals surface area contributed by atoms with E-state index in [0.29, 0.717) is 32.7 Å². The Bertz CT molecular complexity index is 916. The molecule has 0 bridgehead atoms. The third-order valence-corrected chi connectivity index (χ3v) is 6.18. The normalized spacial score (nSPS) is 17.5. The smallest absolute Gasteiger partial charge is 0.321 e. The number of halogens is 2. The van der Waals surface area contributed by atoms with E-state index in [1.54, 1.807) is 21.9 Å². The van der Waals surface area contributed by atoms with Crippen molar-refractivity contribution in [2.75, 3.05) is 31.5 Å². The number of urea groups is 2. The van der Waals surface area contributed by atoms with Crippen LogP contribution in [0.1, 0.15) is 18.4 Å². The molecule has 2 fully saturated rings. The number of carbonyl (C=O) groups is 2. The SMILES string of the molecule is O=C(Nc1cccc(Br)c1)N1CCC(N2CCN(Cc3ccc(F)cc3)C2=O)CC1. The molecule has 0 radical (unpaired) electrons. The van der Waals surface area contributed by atoms with Gasteiger partial charge in [0.2, 0.25) is 0 Å². The second-order valence-electron chi connectivity index (χ2n) is 7.68. The summed E-state index contributed by atoms with van der Waals surface area (Å²) >= 11 is 3.40. The molecule has 0 atom stereocenters. The molecule has 2 aliphatic heterocycles. The fourth-order valence-electron chi connectivity index (χ4n) is 4.05. The second kappa shape index (κ2) is 9.04. The van der Waals surface area contributed by atoms with Crippen LogP contribution in [0, 0.1) is 5.82 Å². The van der Waals surface area contributed by atoms with Crippen molar-refractivity contribution < 1.29 is 14.0 Å². The van der Waals surface area contributed by atoms with Gasteiger partial charge < -0.3 is 20.0 Å². The number of likely N-dealkylation sites (tertiary alicyclic amines) is 1. The van der Waals surface area contributed by atoms with E-state index < -0.39 is 0 Å². The fraction of sp³-hybridized carbons (Fsp3) is 0.364. The molecule has 0 saturated carbocycles. The molecule has 6 nitrogen and oxygen atoms in total. The van der Waals surface area contributed by atoms with Crippen LogP contribution >= 0.6 is 15.9 Å². The van der Waals surface area contributed by atoms with Crippen LogP contribution in [0.2, 0.25) is 0 Å². The minimum Gasteiger partial charge on any atom is -0.324 e. The van der Waals surface area contributed by atoms with Crippen molar-refractivity contribution in [2.45, 2.75) is 25.4 Å². The molecule has 4 amide bonds. The van der Waals surface area contributed by atoms with E-state index >= 15 is 0 Å². The van der Waals surface area contributed by atoms with E-state index in [1.807, 2.05) is 29.2 Å². The molecule has 4 rings (SSSR count). The molecular formula is C22H24BrFN4O2. The number of amides is 4. The molecular weight excluding hydrogens is 451 g/mol. The number of carbonyl (C=O) groups excluding carboxylic acids is 2. The maximum absolute atomic E-state index is 13.1. The van der Waals surface area contributed by atoms with E-state index in [2.05, 4.69) is 21.2 Å². The molecule has 0 spiro atoms. The third-order valence-electron chi connectivity index (χ3n) is 5.68. The summed E-state index contributed by atoms with van der Waals surface area (Å²) in [5, 5.41) is 2.93. The molecule has 0 aromatic heterocycles. The number of nitrogens with one attached hydrogen (secondary N) is 1. The second-order valence-corrected chi connectivity index (χ2v) is 8.60. The molecule has 2 heterocycles. The summed E-state index contributed by atoms with van der Waals surface area (Å²) in [6, 6.07) is 13.8. The van der Waals surface area contributed by atoms with Crippen LogP contribution in [-0.2, 0) is 6.54 Å². The zero-order valence-electron chi connectivity index (χ0n) is 16.6. The Morgan fingerprint density at radius 2 is 1.80 bits per heavy atom. The molecule has 30 heavy (non-hydrogen) atoms. The summed E-state index contributed by atoms with van der Waals surface area (Å²) < 4.78 is 14.0. The van der Waals surface area contributed by atoms with Gasteiger partial charge in [-0.3, -0.25) is 0 Å². The predicted molar refractivity (Wildman–Crippen MR) is 117 cm³/mol. The van der Waals surface area contributed by atoms with Crippen LogP contribution in [0.5, 0.6) is 0 Å². The number of anilines is 1. The Morgan fingerprint density at radius 1 is 1.07 bits per heavy atom. The van der Waals surface area contributed by atoms with Gasteiger partial charge >= 0.3 is 12.1 Å². The zero-order chi connectivity index (χ0) is 21.1. The number of piperidine rings is 1. The average molecular weight is 475 g/mol. The number of nitrogens with zero attached hydrogens (tertiary/aromatic N) is 3. The fourth-order valence-corrected chi connectivity index (χ4v) is 4.45. The summed E-state index contributed by atoms with van der Waals surface area (Å²) in [5.74, 6) is -0.274. The molecule has 0 unspecified atom stereocenters. The van der Waals surface area contributed by atoms with Crippen molar-refractivity contribution in [1.29, 1.82) is 0 Å². The summed E-state index contributed by atoms with van der Waals surface area (Å²) in [6.45, 7) is 3.08. The zero-order valence-corrected chi connectivity index (χ0v) is 18.1. The molecule has 0 aliphatic carbocycles. The quantitative estimate of drug-likeness (QED) is 0.707. The summed E-state index contributed by atoms with van der Waals surface area (Å²) in [4.78, 5) is 30.9. The van der Waals surface area contributed by atoms with Crippen molar-refractivity contribution in [3.8, 4) is 0 Å². The first-order valence-electron chi connectivity index (χ1n) is 10.1. The van der Waals surface area contributed by atoms with E-state index in [4.69, 9.17) is 0 Å². The van der Waals surface area contributed by atoms with Crippen LogP contribution in [0.15, 0.2) is 53.0 Å². The summed E-state index contributed by atoms with van der Waals surface area (Å²) in [7, 11) is 0. The van der Waals surface area contributed by atoms with Crippen molar-refractivity contribution in [3.05, 3.63) is 64.4 Å². The lowest BCUT2D eigenvalue weighted by Gasteiger charge is -2.36. The van der Waals surface area contributed by atoms with E-state index in [9.17, 15) is 14.0 Å². The van der Waals surface area contributed by atoms with Gasteiger partial charge in [0.05, 0.1) is 0 Å². The van der Waals surface area contributed by atoms with Crippen molar-refractivity contribution in [2.24, 2.45) is 0 Å². The molecule has 2 aliphatic rings. The molecule has 2 saturated heterocycles. The lowest BCUT2D eigenvalue weighted by atomic mass is 10.0. The van der Waals surface area contributed by atoms with Crippen LogP contribution in [0.3, 0.4) is 0 Å². The highest BCUT2D eigenvalue weighted by atomic mass is 79.9. The van der Waals surface area contributed by atoms with Crippen molar-refractivity contribution >= 4 is 33.7 Å². The van der Waals surface area contributed by atoms with Crippen molar-refractivity contribution in [3.63, 3.8) is 0 Å². The summed E-state index contributed by atoms with van der Waals surface area (Å²) in [6.07, 6.45) is 1.53. The highest BCUT2D eigenvalue weighted by Crippen LogP contribution is 2.23. The van der Waals surface area contributed by atoms with Crippen LogP contribution in [0.25, 0.3) is 0 Å². The van der Waals surface area contributed by atoms with Gasteiger partial charge in [-0.15, -0.1) is 0 Å². The Balaban J connectivity index is 1.28. The van der Waals surface area contributed by atoms with Crippen LogP contribution < -0.4 is 5.32 Å². The largest absolute Gasteiger partial charge is 0.324 e. The third kappa shape index (κ3) is 4.75. The maximum atomic E-state index is 13.1. The lowest BCUT2D eigenvalue weighted by molar-refractivity contribution is 0.139. The van der Waals surface area contributed by atoms with Crippen molar-refractivity contribution in [1.82, 2.24) is 14.7 Å². The molecule has 8 heteroatoms. The highest BCUT2D eigenvalue weighted by molar-refractivity contribution is 9.10. The van der Waals surface area contributed by atoms with Gasteiger partial charge in [0, 0.05) is 48.9 Å². The standard InChI is InChI=1S/C22H24BrFN4O2/c23-17-2-1-3-19(14-17)25-21(29)26-10-8-20(9-11-26)28-13-12-27(22(28)30)15-16-4-6-18(24)7-5-16/h1-7,14,20H,8-13,15H2,(H,25,29). The predicted octanol–water partition coefficient (Wildman–Crippen LogP) is 4.52. The minimum absolute atomic E-state index is 0.0244. The Hall–Kier alpha value is -2.61. The van der Waals surface area contributed by atoms with Gasteiger partial charge in [0.15, 0.2) is 0 Å². The molecule has 1 N–H and O–H groups in total. The monoisotopic (exact) mass is 474 g/mol. The first-order valence-corrected chi connectivity index (χ1v) is 10.9. The Labute approximate surface area is 183 Å². The van der Waals surface area contributed by atoms with Gasteiger partial charge in [-0.25, -0.2) is 14.0 Å². The van der Waals surface area contributed by atoms with Gasteiger partial charge in [-0.1, -0.05) is 34.1 Å². The Morgan fingerprint density at radius 3 is 2.50 bits per heavy atom. The number of rotatable bonds is 4. The Kier molecular flexibility index (Phi) is 6.22. The van der Waals surface area contributed by atoms with E-state index in [1.165, 1.54) is 12.1 Å². The maximum Gasteiger partial charge on any atom is 0.321 e. The van der Waals surface area contributed by atoms with Gasteiger partial charge in [0.25, 0.3) is 0 Å². The average Bonchev–Trinajstić information content (AvgIpc) is 3.10. The van der Waals surface area contributed by atoms with Gasteiger partial charge in [0.1, 0.15) is 5.82 Å². The summed E-state index contributed by atoms with van der Waals surface area (Å²) in [5.41, 5.74) is 1.67. The number of benzene rings is 2. The van der Waals surface area contributed by atoms with Crippen LogP contribution in [-0.4, -0.2) is 59.0 Å². The number of hydrogen-bond acceptors (Lipinski definition) is 2. The number of hydrogen-bond donors (Lipinski definition) is 1. The highest BCUT2D eigenvalue weighted by Gasteiger charge is 2.36. The molecule has 2 aromatic rings. The minimum atomic E-state index is -0.274. The first-order chi connectivity index (χ1) is 14.5. The molecule has 158 valence electrons. The van der Waals surface area contributed by atoms with Crippen LogP contribution in [0.4, 0.5) is 19.7 Å².